The second kappa shape index (κ2) is 4.64. The van der Waals surface area contributed by atoms with Crippen molar-refractivity contribution in [3.63, 3.8) is 0 Å². The fourth-order valence-electron chi connectivity index (χ4n) is 1.33. The number of allylic oxidation sites excluding steroid dienone is 1. The van der Waals surface area contributed by atoms with E-state index in [1.165, 1.54) is 6.07 Å². The Labute approximate surface area is 88.7 Å². The maximum absolute atomic E-state index is 10.8. The van der Waals surface area contributed by atoms with Crippen LogP contribution >= 0.6 is 0 Å². The number of benzene rings is 1. The van der Waals surface area contributed by atoms with Crippen LogP contribution in [0.4, 0.5) is 0 Å². The van der Waals surface area contributed by atoms with Crippen LogP contribution in [0.3, 0.4) is 0 Å². The van der Waals surface area contributed by atoms with Gasteiger partial charge >= 0.3 is 5.97 Å². The van der Waals surface area contributed by atoms with Gasteiger partial charge in [0.1, 0.15) is 11.3 Å². The molecule has 3 nitrogen and oxygen atoms in total. The Hall–Kier alpha value is -1.77. The summed E-state index contributed by atoms with van der Waals surface area (Å²) in [7, 11) is 0. The van der Waals surface area contributed by atoms with Gasteiger partial charge in [-0.25, -0.2) is 4.79 Å². The first-order chi connectivity index (χ1) is 7.07. The molecule has 1 aromatic carbocycles. The molecule has 0 saturated heterocycles. The first kappa shape index (κ1) is 11.3. The van der Waals surface area contributed by atoms with Crippen LogP contribution in [0, 0.1) is 6.92 Å². The molecule has 0 heterocycles. The molecule has 0 saturated carbocycles. The van der Waals surface area contributed by atoms with Gasteiger partial charge in [0.2, 0.25) is 0 Å². The molecule has 15 heavy (non-hydrogen) atoms. The maximum Gasteiger partial charge on any atom is 0.339 e. The highest BCUT2D eigenvalue weighted by Crippen LogP contribution is 2.27. The van der Waals surface area contributed by atoms with Crippen molar-refractivity contribution in [1.82, 2.24) is 0 Å². The number of aryl methyl sites for hydroxylation is 1. The second-order valence-electron chi connectivity index (χ2n) is 3.31. The van der Waals surface area contributed by atoms with Crippen molar-refractivity contribution in [3.05, 3.63) is 34.9 Å². The number of aromatic carboxylic acids is 1. The van der Waals surface area contributed by atoms with Crippen LogP contribution in [-0.4, -0.2) is 16.2 Å². The van der Waals surface area contributed by atoms with Crippen molar-refractivity contribution >= 4 is 12.0 Å². The lowest BCUT2D eigenvalue weighted by atomic mass is 10.0. The molecule has 0 spiro atoms. The predicted octanol–water partition coefficient (Wildman–Crippen LogP) is 2.82. The highest BCUT2D eigenvalue weighted by Gasteiger charge is 2.13. The molecule has 2 N–H and O–H groups in total. The zero-order valence-electron chi connectivity index (χ0n) is 8.82. The summed E-state index contributed by atoms with van der Waals surface area (Å²) in [6.07, 6.45) is 4.47. The van der Waals surface area contributed by atoms with E-state index in [0.717, 1.165) is 12.0 Å². The summed E-state index contributed by atoms with van der Waals surface area (Å²) in [6, 6.07) is 3.11. The van der Waals surface area contributed by atoms with Crippen LogP contribution in [0.5, 0.6) is 5.75 Å². The maximum atomic E-state index is 10.8. The lowest BCUT2D eigenvalue weighted by Gasteiger charge is -2.06. The van der Waals surface area contributed by atoms with E-state index in [1.54, 1.807) is 12.1 Å². The summed E-state index contributed by atoms with van der Waals surface area (Å²) in [4.78, 5) is 10.8. The number of rotatable bonds is 3. The summed E-state index contributed by atoms with van der Waals surface area (Å²) in [5, 5.41) is 18.6. The van der Waals surface area contributed by atoms with Gasteiger partial charge in [-0.3, -0.25) is 0 Å². The van der Waals surface area contributed by atoms with E-state index < -0.39 is 5.97 Å². The molecule has 0 atom stereocenters. The molecule has 0 aliphatic heterocycles. The van der Waals surface area contributed by atoms with E-state index >= 15 is 0 Å². The van der Waals surface area contributed by atoms with Gasteiger partial charge in [0.15, 0.2) is 0 Å². The lowest BCUT2D eigenvalue weighted by Crippen LogP contribution is -1.98. The molecular weight excluding hydrogens is 192 g/mol. The molecule has 0 aromatic heterocycles. The third-order valence-electron chi connectivity index (χ3n) is 2.19. The van der Waals surface area contributed by atoms with E-state index in [1.807, 2.05) is 19.9 Å². The standard InChI is InChI=1S/C12H14O3/c1-3-4-5-9-8(2)6-7-10(11(9)13)12(14)15/h4-7,13H,3H2,1-2H3,(H,14,15). The van der Waals surface area contributed by atoms with Gasteiger partial charge in [-0.05, 0) is 25.0 Å². The van der Waals surface area contributed by atoms with Crippen molar-refractivity contribution < 1.29 is 15.0 Å². The number of phenols is 1. The predicted molar refractivity (Wildman–Crippen MR) is 59.1 cm³/mol. The van der Waals surface area contributed by atoms with Gasteiger partial charge < -0.3 is 10.2 Å². The molecule has 3 heteroatoms. The fourth-order valence-corrected chi connectivity index (χ4v) is 1.33. The number of hydrogen-bond acceptors (Lipinski definition) is 2. The summed E-state index contributed by atoms with van der Waals surface area (Å²) in [6.45, 7) is 3.81. The van der Waals surface area contributed by atoms with Crippen molar-refractivity contribution in [1.29, 1.82) is 0 Å². The first-order valence-electron chi connectivity index (χ1n) is 4.80. The zero-order valence-corrected chi connectivity index (χ0v) is 8.82. The average Bonchev–Trinajstić information content (AvgIpc) is 2.17. The molecule has 0 amide bonds. The molecule has 0 bridgehead atoms. The SMILES string of the molecule is CCC=Cc1c(C)ccc(C(=O)O)c1O. The summed E-state index contributed by atoms with van der Waals surface area (Å²) in [5.41, 5.74) is 1.38. The molecule has 0 aliphatic rings. The van der Waals surface area contributed by atoms with Gasteiger partial charge in [-0.15, -0.1) is 0 Å². The Morgan fingerprint density at radius 2 is 2.13 bits per heavy atom. The third-order valence-corrected chi connectivity index (χ3v) is 2.19. The van der Waals surface area contributed by atoms with Gasteiger partial charge in [0.25, 0.3) is 0 Å². The Bertz CT molecular complexity index is 406. The Kier molecular flexibility index (Phi) is 3.50. The number of carboxylic acid groups (broad SMARTS) is 1. The average molecular weight is 206 g/mol. The van der Waals surface area contributed by atoms with Crippen LogP contribution in [0.15, 0.2) is 18.2 Å². The Morgan fingerprint density at radius 3 is 2.67 bits per heavy atom. The van der Waals surface area contributed by atoms with Crippen LogP contribution in [0.25, 0.3) is 6.08 Å². The number of hydrogen-bond donors (Lipinski definition) is 2. The smallest absolute Gasteiger partial charge is 0.339 e. The topological polar surface area (TPSA) is 57.5 Å². The van der Waals surface area contributed by atoms with Gasteiger partial charge in [0, 0.05) is 5.56 Å². The fraction of sp³-hybridized carbons (Fsp3) is 0.250. The molecular formula is C12H14O3. The van der Waals surface area contributed by atoms with E-state index in [9.17, 15) is 9.90 Å². The Balaban J connectivity index is 3.30. The molecule has 0 aliphatic carbocycles. The minimum absolute atomic E-state index is 0.0589. The minimum atomic E-state index is -1.11. The van der Waals surface area contributed by atoms with Crippen molar-refractivity contribution in [3.8, 4) is 5.75 Å². The number of aromatic hydroxyl groups is 1. The third kappa shape index (κ3) is 2.37. The van der Waals surface area contributed by atoms with Gasteiger partial charge in [-0.2, -0.15) is 0 Å². The largest absolute Gasteiger partial charge is 0.506 e. The summed E-state index contributed by atoms with van der Waals surface area (Å²) >= 11 is 0. The molecule has 0 fully saturated rings. The lowest BCUT2D eigenvalue weighted by molar-refractivity contribution is 0.0693. The summed E-state index contributed by atoms with van der Waals surface area (Å²) < 4.78 is 0. The molecule has 0 unspecified atom stereocenters. The Morgan fingerprint density at radius 1 is 1.47 bits per heavy atom. The first-order valence-corrected chi connectivity index (χ1v) is 4.80. The van der Waals surface area contributed by atoms with Crippen molar-refractivity contribution in [2.75, 3.05) is 0 Å². The number of carboxylic acids is 1. The van der Waals surface area contributed by atoms with Gasteiger partial charge in [-0.1, -0.05) is 25.1 Å². The normalized spacial score (nSPS) is 10.8. The van der Waals surface area contributed by atoms with Crippen LogP contribution in [0.2, 0.25) is 0 Å². The quantitative estimate of drug-likeness (QED) is 0.799. The monoisotopic (exact) mass is 206 g/mol. The number of carbonyl (C=O) groups is 1. The highest BCUT2D eigenvalue weighted by molar-refractivity contribution is 5.92. The van der Waals surface area contributed by atoms with E-state index in [0.29, 0.717) is 5.56 Å². The summed E-state index contributed by atoms with van der Waals surface area (Å²) in [5.74, 6) is -1.27. The minimum Gasteiger partial charge on any atom is -0.506 e. The molecule has 80 valence electrons. The van der Waals surface area contributed by atoms with Crippen LogP contribution in [-0.2, 0) is 0 Å². The zero-order chi connectivity index (χ0) is 11.4. The van der Waals surface area contributed by atoms with E-state index in [4.69, 9.17) is 5.11 Å². The molecule has 0 radical (unpaired) electrons. The van der Waals surface area contributed by atoms with Gasteiger partial charge in [0.05, 0.1) is 0 Å². The van der Waals surface area contributed by atoms with Crippen LogP contribution in [0.1, 0.15) is 34.8 Å². The van der Waals surface area contributed by atoms with E-state index in [-0.39, 0.29) is 11.3 Å². The molecule has 1 aromatic rings. The molecule has 1 rings (SSSR count). The van der Waals surface area contributed by atoms with Crippen molar-refractivity contribution in [2.24, 2.45) is 0 Å². The van der Waals surface area contributed by atoms with Crippen LogP contribution < -0.4 is 0 Å². The van der Waals surface area contributed by atoms with Crippen molar-refractivity contribution in [2.45, 2.75) is 20.3 Å². The second-order valence-corrected chi connectivity index (χ2v) is 3.31. The van der Waals surface area contributed by atoms with E-state index in [2.05, 4.69) is 0 Å². The highest BCUT2D eigenvalue weighted by atomic mass is 16.4.